The first-order valence-electron chi connectivity index (χ1n) is 5.86. The molecule has 0 aliphatic rings. The van der Waals surface area contributed by atoms with Gasteiger partial charge in [-0.05, 0) is 24.3 Å². The van der Waals surface area contributed by atoms with Crippen LogP contribution in [0.1, 0.15) is 26.5 Å². The van der Waals surface area contributed by atoms with Crippen molar-refractivity contribution in [3.8, 4) is 0 Å². The molecule has 0 spiro atoms. The Morgan fingerprint density at radius 1 is 1.22 bits per heavy atom. The highest BCUT2D eigenvalue weighted by Crippen LogP contribution is 2.44. The van der Waals surface area contributed by atoms with Gasteiger partial charge in [0.05, 0.1) is 0 Å². The molecule has 4 heteroatoms. The summed E-state index contributed by atoms with van der Waals surface area (Å²) in [6, 6.07) is 5.63. The quantitative estimate of drug-likeness (QED) is 0.885. The van der Waals surface area contributed by atoms with Gasteiger partial charge in [0.1, 0.15) is 17.2 Å². The number of nitrogens with two attached hydrogens (primary N) is 1. The predicted octanol–water partition coefficient (Wildman–Crippen LogP) is 3.74. The number of furan rings is 1. The highest BCUT2D eigenvalue weighted by molar-refractivity contribution is 5.78. The second-order valence-electron chi connectivity index (χ2n) is 5.55. The summed E-state index contributed by atoms with van der Waals surface area (Å²) in [4.78, 5) is 0. The van der Waals surface area contributed by atoms with Crippen molar-refractivity contribution < 1.29 is 13.2 Å². The molecule has 2 nitrogen and oxygen atoms in total. The van der Waals surface area contributed by atoms with E-state index in [9.17, 15) is 8.78 Å². The van der Waals surface area contributed by atoms with Crippen LogP contribution in [0.3, 0.4) is 0 Å². The minimum Gasteiger partial charge on any atom is -0.458 e. The summed E-state index contributed by atoms with van der Waals surface area (Å²) in [5, 5.41) is 0.546. The molecular weight excluding hydrogens is 236 g/mol. The summed E-state index contributed by atoms with van der Waals surface area (Å²) >= 11 is 0. The molecule has 0 aliphatic carbocycles. The molecule has 0 saturated carbocycles. The molecule has 0 saturated heterocycles. The number of halogens is 2. The van der Waals surface area contributed by atoms with Crippen molar-refractivity contribution in [2.75, 3.05) is 6.54 Å². The number of rotatable bonds is 2. The van der Waals surface area contributed by atoms with Crippen molar-refractivity contribution in [2.45, 2.75) is 26.4 Å². The molecule has 1 unspecified atom stereocenters. The third-order valence-corrected chi connectivity index (χ3v) is 3.34. The van der Waals surface area contributed by atoms with Crippen molar-refractivity contribution in [1.82, 2.24) is 0 Å². The van der Waals surface area contributed by atoms with E-state index in [0.717, 1.165) is 0 Å². The van der Waals surface area contributed by atoms with Crippen LogP contribution in [0, 0.1) is 11.2 Å². The fourth-order valence-corrected chi connectivity index (χ4v) is 1.99. The molecule has 2 rings (SSSR count). The van der Waals surface area contributed by atoms with E-state index in [1.54, 1.807) is 20.8 Å². The van der Waals surface area contributed by atoms with Crippen LogP contribution in [0.4, 0.5) is 8.78 Å². The van der Waals surface area contributed by atoms with Crippen molar-refractivity contribution in [2.24, 2.45) is 11.1 Å². The summed E-state index contributed by atoms with van der Waals surface area (Å²) in [5.74, 6) is -0.221. The first kappa shape index (κ1) is 13.0. The van der Waals surface area contributed by atoms with Gasteiger partial charge in [-0.1, -0.05) is 20.8 Å². The van der Waals surface area contributed by atoms with Crippen LogP contribution in [0.25, 0.3) is 11.0 Å². The molecule has 2 N–H and O–H groups in total. The Labute approximate surface area is 105 Å². The monoisotopic (exact) mass is 253 g/mol. The molecule has 0 fully saturated rings. The zero-order valence-electron chi connectivity index (χ0n) is 10.8. The van der Waals surface area contributed by atoms with Crippen LogP contribution in [0.5, 0.6) is 0 Å². The Morgan fingerprint density at radius 2 is 1.89 bits per heavy atom. The maximum atomic E-state index is 15.0. The first-order valence-corrected chi connectivity index (χ1v) is 5.86. The molecule has 2 aromatic rings. The van der Waals surface area contributed by atoms with Gasteiger partial charge in [-0.25, -0.2) is 8.78 Å². The van der Waals surface area contributed by atoms with E-state index in [1.165, 1.54) is 24.3 Å². The second-order valence-corrected chi connectivity index (χ2v) is 5.55. The molecule has 0 bridgehead atoms. The molecule has 0 radical (unpaired) electrons. The fraction of sp³-hybridized carbons (Fsp3) is 0.429. The second kappa shape index (κ2) is 4.05. The molecule has 98 valence electrons. The maximum absolute atomic E-state index is 15.0. The fourth-order valence-electron chi connectivity index (χ4n) is 1.99. The standard InChI is InChI=1S/C14H17F2NO/c1-13(2,3)14(16,8-17)12-7-9-6-10(15)4-5-11(9)18-12/h4-7H,8,17H2,1-3H3. The third-order valence-electron chi connectivity index (χ3n) is 3.34. The van der Waals surface area contributed by atoms with Crippen molar-refractivity contribution in [3.63, 3.8) is 0 Å². The maximum Gasteiger partial charge on any atom is 0.185 e. The van der Waals surface area contributed by atoms with E-state index in [4.69, 9.17) is 10.2 Å². The van der Waals surface area contributed by atoms with Crippen LogP contribution in [-0.2, 0) is 5.67 Å². The van der Waals surface area contributed by atoms with E-state index in [-0.39, 0.29) is 18.1 Å². The number of alkyl halides is 1. The Morgan fingerprint density at radius 3 is 2.44 bits per heavy atom. The van der Waals surface area contributed by atoms with Crippen LogP contribution < -0.4 is 5.73 Å². The number of benzene rings is 1. The van der Waals surface area contributed by atoms with Gasteiger partial charge in [0.2, 0.25) is 0 Å². The number of hydrogen-bond donors (Lipinski definition) is 1. The smallest absolute Gasteiger partial charge is 0.185 e. The average Bonchev–Trinajstić information content (AvgIpc) is 2.69. The van der Waals surface area contributed by atoms with E-state index in [0.29, 0.717) is 11.0 Å². The van der Waals surface area contributed by atoms with Gasteiger partial charge in [-0.3, -0.25) is 0 Å². The summed E-state index contributed by atoms with van der Waals surface area (Å²) in [6.07, 6.45) is 0. The minimum absolute atomic E-state index is 0.151. The summed E-state index contributed by atoms with van der Waals surface area (Å²) in [7, 11) is 0. The Bertz CT molecular complexity index is 571. The average molecular weight is 253 g/mol. The zero-order chi connectivity index (χ0) is 13.6. The number of hydrogen-bond acceptors (Lipinski definition) is 2. The minimum atomic E-state index is -1.78. The normalized spacial score (nSPS) is 15.9. The van der Waals surface area contributed by atoms with E-state index in [1.807, 2.05) is 0 Å². The highest BCUT2D eigenvalue weighted by Gasteiger charge is 2.45. The van der Waals surface area contributed by atoms with Gasteiger partial charge in [0, 0.05) is 17.3 Å². The molecule has 1 aromatic carbocycles. The van der Waals surface area contributed by atoms with Gasteiger partial charge in [0.15, 0.2) is 5.67 Å². The molecule has 1 atom stereocenters. The lowest BCUT2D eigenvalue weighted by Gasteiger charge is -2.34. The molecule has 0 amide bonds. The summed E-state index contributed by atoms with van der Waals surface area (Å²) in [5.41, 5.74) is 3.56. The molecule has 18 heavy (non-hydrogen) atoms. The lowest BCUT2D eigenvalue weighted by atomic mass is 9.76. The third kappa shape index (κ3) is 1.90. The van der Waals surface area contributed by atoms with Crippen LogP contribution >= 0.6 is 0 Å². The van der Waals surface area contributed by atoms with Crippen LogP contribution in [0.2, 0.25) is 0 Å². The van der Waals surface area contributed by atoms with E-state index >= 15 is 0 Å². The van der Waals surface area contributed by atoms with Crippen LogP contribution in [-0.4, -0.2) is 6.54 Å². The Kier molecular flexibility index (Phi) is 2.93. The van der Waals surface area contributed by atoms with Crippen molar-refractivity contribution >= 4 is 11.0 Å². The number of fused-ring (bicyclic) bond motifs is 1. The molecular formula is C14H17F2NO. The Hall–Kier alpha value is -1.42. The largest absolute Gasteiger partial charge is 0.458 e. The topological polar surface area (TPSA) is 39.2 Å². The SMILES string of the molecule is CC(C)(C)C(F)(CN)c1cc2cc(F)ccc2o1. The van der Waals surface area contributed by atoms with Crippen molar-refractivity contribution in [1.29, 1.82) is 0 Å². The van der Waals surface area contributed by atoms with Crippen LogP contribution in [0.15, 0.2) is 28.7 Å². The van der Waals surface area contributed by atoms with Gasteiger partial charge in [-0.15, -0.1) is 0 Å². The predicted molar refractivity (Wildman–Crippen MR) is 67.5 cm³/mol. The summed E-state index contributed by atoms with van der Waals surface area (Å²) < 4.78 is 33.6. The highest BCUT2D eigenvalue weighted by atomic mass is 19.1. The molecule has 0 aliphatic heterocycles. The van der Waals surface area contributed by atoms with E-state index < -0.39 is 11.1 Å². The van der Waals surface area contributed by atoms with Gasteiger partial charge in [-0.2, -0.15) is 0 Å². The van der Waals surface area contributed by atoms with E-state index in [2.05, 4.69) is 0 Å². The Balaban J connectivity index is 2.59. The summed E-state index contributed by atoms with van der Waals surface area (Å²) in [6.45, 7) is 5.09. The molecule has 1 heterocycles. The molecule has 1 aromatic heterocycles. The first-order chi connectivity index (χ1) is 8.28. The van der Waals surface area contributed by atoms with Gasteiger partial charge in [0.25, 0.3) is 0 Å². The lowest BCUT2D eigenvalue weighted by Crippen LogP contribution is -2.42. The lowest BCUT2D eigenvalue weighted by molar-refractivity contribution is 0.0143. The van der Waals surface area contributed by atoms with Crippen molar-refractivity contribution in [3.05, 3.63) is 35.8 Å². The van der Waals surface area contributed by atoms with Gasteiger partial charge < -0.3 is 10.2 Å². The zero-order valence-corrected chi connectivity index (χ0v) is 10.8. The van der Waals surface area contributed by atoms with Gasteiger partial charge >= 0.3 is 0 Å².